The highest BCUT2D eigenvalue weighted by Crippen LogP contribution is 2.44. The average Bonchev–Trinajstić information content (AvgIpc) is 3.67. The summed E-state index contributed by atoms with van der Waals surface area (Å²) in [5.74, 6) is 0.319. The Balaban J connectivity index is 1.30. The van der Waals surface area contributed by atoms with E-state index < -0.39 is 32.8 Å². The zero-order valence-corrected chi connectivity index (χ0v) is 23.0. The summed E-state index contributed by atoms with van der Waals surface area (Å²) in [5, 5.41) is 13.9. The van der Waals surface area contributed by atoms with E-state index in [0.717, 1.165) is 26.9 Å². The standard InChI is InChI=1S/C28H22N5O6PS/c34-22-23-20(14-37-40(36)39-23)38-26(22)33-24-21(30-28(33)41-18-11-10-15-6-4-5-9-17(15)12-18)25(35)32-13-19(29-27(32)31-24)16-7-2-1-3-8-16/h1-13,20,22-23,26,34,40H,14H2,(H,29,31)/t20?,22-,23+,26+/m0/s1. The molecular weight excluding hydrogens is 565 g/mol. The molecule has 8 rings (SSSR count). The van der Waals surface area contributed by atoms with Crippen molar-refractivity contribution in [1.29, 1.82) is 0 Å². The molecular formula is C28H22N5O6PS. The molecule has 6 aromatic rings. The molecule has 0 radical (unpaired) electrons. The van der Waals surface area contributed by atoms with Gasteiger partial charge in [-0.1, -0.05) is 72.4 Å². The number of rotatable bonds is 4. The second kappa shape index (κ2) is 9.66. The fourth-order valence-corrected chi connectivity index (χ4v) is 7.26. The normalized spacial score (nSPS) is 24.4. The van der Waals surface area contributed by atoms with Crippen LogP contribution < -0.4 is 5.56 Å². The van der Waals surface area contributed by atoms with E-state index in [1.54, 1.807) is 10.8 Å². The molecule has 11 nitrogen and oxygen atoms in total. The first-order valence-corrected chi connectivity index (χ1v) is 15.0. The molecule has 2 N–H and O–H groups in total. The van der Waals surface area contributed by atoms with Crippen LogP contribution in [0.15, 0.2) is 93.8 Å². The van der Waals surface area contributed by atoms with E-state index in [0.29, 0.717) is 10.9 Å². The third kappa shape index (κ3) is 4.14. The summed E-state index contributed by atoms with van der Waals surface area (Å²) >= 11 is 1.33. The third-order valence-electron chi connectivity index (χ3n) is 7.40. The third-order valence-corrected chi connectivity index (χ3v) is 9.22. The molecule has 5 heterocycles. The summed E-state index contributed by atoms with van der Waals surface area (Å²) in [5.41, 5.74) is 1.63. The number of aromatic nitrogens is 5. The van der Waals surface area contributed by atoms with Gasteiger partial charge in [-0.2, -0.15) is 4.98 Å². The first-order chi connectivity index (χ1) is 20.0. The molecule has 2 fully saturated rings. The van der Waals surface area contributed by atoms with Crippen molar-refractivity contribution in [2.24, 2.45) is 0 Å². The van der Waals surface area contributed by atoms with Crippen LogP contribution in [0.25, 0.3) is 39.0 Å². The predicted octanol–water partition coefficient (Wildman–Crippen LogP) is 4.41. The smallest absolute Gasteiger partial charge is 0.319 e. The van der Waals surface area contributed by atoms with E-state index in [4.69, 9.17) is 23.8 Å². The molecule has 41 heavy (non-hydrogen) atoms. The number of H-pyrrole nitrogens is 1. The van der Waals surface area contributed by atoms with E-state index in [1.165, 1.54) is 16.2 Å². The Hall–Kier alpha value is -3.77. The summed E-state index contributed by atoms with van der Waals surface area (Å²) in [6, 6.07) is 23.7. The summed E-state index contributed by atoms with van der Waals surface area (Å²) in [6.45, 7) is 0.0210. The minimum atomic E-state index is -2.74. The van der Waals surface area contributed by atoms with Crippen molar-refractivity contribution >= 4 is 47.7 Å². The number of nitrogens with zero attached hydrogens (tertiary/aromatic N) is 4. The SMILES string of the molecule is O=c1c2nc(Sc3ccc4ccccc4c3)n([C@@H]3OC4CO[PH](=O)O[C@H]4[C@@H]3O)c2nc2[nH]c(-c3ccccc3)cn12. The summed E-state index contributed by atoms with van der Waals surface area (Å²) in [4.78, 5) is 27.4. The Morgan fingerprint density at radius 3 is 2.68 bits per heavy atom. The number of ether oxygens (including phenoxy) is 1. The minimum Gasteiger partial charge on any atom is -0.386 e. The van der Waals surface area contributed by atoms with Gasteiger partial charge < -0.3 is 23.9 Å². The molecule has 5 atom stereocenters. The fourth-order valence-electron chi connectivity index (χ4n) is 5.42. The molecule has 0 bridgehead atoms. The van der Waals surface area contributed by atoms with Gasteiger partial charge in [-0.3, -0.25) is 13.9 Å². The Labute approximate surface area is 236 Å². The lowest BCUT2D eigenvalue weighted by Gasteiger charge is -2.24. The summed E-state index contributed by atoms with van der Waals surface area (Å²) < 4.78 is 31.8. The number of aliphatic hydroxyl groups is 1. The molecule has 13 heteroatoms. The molecule has 2 aliphatic heterocycles. The maximum Gasteiger partial charge on any atom is 0.319 e. The number of hydrogen-bond donors (Lipinski definition) is 2. The van der Waals surface area contributed by atoms with Crippen molar-refractivity contribution < 1.29 is 23.5 Å². The summed E-state index contributed by atoms with van der Waals surface area (Å²) in [6.07, 6.45) is -2.00. The van der Waals surface area contributed by atoms with Crippen molar-refractivity contribution in [3.63, 3.8) is 0 Å². The number of fused-ring (bicyclic) bond motifs is 4. The molecule has 2 saturated heterocycles. The molecule has 0 aliphatic carbocycles. The van der Waals surface area contributed by atoms with Crippen LogP contribution in [0.5, 0.6) is 0 Å². The first kappa shape index (κ1) is 25.0. The maximum absolute atomic E-state index is 13.7. The highest BCUT2D eigenvalue weighted by molar-refractivity contribution is 7.99. The zero-order chi connectivity index (χ0) is 27.7. The highest BCUT2D eigenvalue weighted by atomic mass is 32.2. The Kier molecular flexibility index (Phi) is 5.89. The quantitative estimate of drug-likeness (QED) is 0.288. The van der Waals surface area contributed by atoms with Gasteiger partial charge in [-0.25, -0.2) is 9.38 Å². The van der Waals surface area contributed by atoms with Crippen molar-refractivity contribution in [2.75, 3.05) is 6.61 Å². The lowest BCUT2D eigenvalue weighted by Crippen LogP contribution is -2.37. The van der Waals surface area contributed by atoms with Gasteiger partial charge >= 0.3 is 8.25 Å². The zero-order valence-electron chi connectivity index (χ0n) is 21.2. The van der Waals surface area contributed by atoms with Crippen LogP contribution in [0.2, 0.25) is 0 Å². The van der Waals surface area contributed by atoms with Gasteiger partial charge in [-0.15, -0.1) is 0 Å². The van der Waals surface area contributed by atoms with Crippen LogP contribution in [-0.4, -0.2) is 53.9 Å². The Morgan fingerprint density at radius 2 is 1.83 bits per heavy atom. The van der Waals surface area contributed by atoms with Gasteiger partial charge in [-0.05, 0) is 28.5 Å². The van der Waals surface area contributed by atoms with Crippen molar-refractivity contribution in [3.8, 4) is 11.3 Å². The van der Waals surface area contributed by atoms with Gasteiger partial charge in [0.15, 0.2) is 22.5 Å². The van der Waals surface area contributed by atoms with Crippen LogP contribution in [0.4, 0.5) is 0 Å². The molecule has 2 aliphatic rings. The lowest BCUT2D eigenvalue weighted by molar-refractivity contribution is -0.0583. The number of nitrogens with one attached hydrogen (secondary N) is 1. The molecule has 206 valence electrons. The second-order valence-corrected chi connectivity index (χ2v) is 12.0. The largest absolute Gasteiger partial charge is 0.386 e. The monoisotopic (exact) mass is 587 g/mol. The van der Waals surface area contributed by atoms with Crippen molar-refractivity contribution in [3.05, 3.63) is 89.3 Å². The van der Waals surface area contributed by atoms with Crippen molar-refractivity contribution in [2.45, 2.75) is 34.6 Å². The average molecular weight is 588 g/mol. The molecule has 3 aromatic heterocycles. The number of imidazole rings is 2. The van der Waals surface area contributed by atoms with Crippen LogP contribution in [0.1, 0.15) is 6.23 Å². The summed E-state index contributed by atoms with van der Waals surface area (Å²) in [7, 11) is -2.74. The van der Waals surface area contributed by atoms with E-state index in [-0.39, 0.29) is 23.3 Å². The molecule has 3 aromatic carbocycles. The number of hydrogen-bond acceptors (Lipinski definition) is 9. The topological polar surface area (TPSA) is 133 Å². The Bertz CT molecular complexity index is 2040. The van der Waals surface area contributed by atoms with Crippen LogP contribution in [0, 0.1) is 0 Å². The molecule has 0 amide bonds. The number of benzene rings is 3. The highest BCUT2D eigenvalue weighted by Gasteiger charge is 2.50. The van der Waals surface area contributed by atoms with E-state index >= 15 is 0 Å². The lowest BCUT2D eigenvalue weighted by atomic mass is 10.1. The Morgan fingerprint density at radius 1 is 1.02 bits per heavy atom. The second-order valence-electron chi connectivity index (χ2n) is 9.89. The predicted molar refractivity (Wildman–Crippen MR) is 152 cm³/mol. The number of aromatic amines is 1. The number of aliphatic hydroxyl groups excluding tert-OH is 1. The van der Waals surface area contributed by atoms with Crippen LogP contribution in [0.3, 0.4) is 0 Å². The molecule has 0 spiro atoms. The molecule has 0 saturated carbocycles. The van der Waals surface area contributed by atoms with Crippen molar-refractivity contribution in [1.82, 2.24) is 23.9 Å². The van der Waals surface area contributed by atoms with Gasteiger partial charge in [0.1, 0.15) is 18.3 Å². The maximum atomic E-state index is 13.7. The van der Waals surface area contributed by atoms with Gasteiger partial charge in [0.05, 0.1) is 12.3 Å². The van der Waals surface area contributed by atoms with Crippen LogP contribution in [-0.2, 0) is 18.3 Å². The van der Waals surface area contributed by atoms with Crippen LogP contribution >= 0.6 is 20.0 Å². The first-order valence-electron chi connectivity index (χ1n) is 13.0. The fraction of sp³-hybridized carbons (Fsp3) is 0.179. The molecule has 2 unspecified atom stereocenters. The van der Waals surface area contributed by atoms with Gasteiger partial charge in [0.2, 0.25) is 5.78 Å². The van der Waals surface area contributed by atoms with E-state index in [2.05, 4.69) is 4.98 Å². The minimum absolute atomic E-state index is 0.0210. The van der Waals surface area contributed by atoms with E-state index in [1.807, 2.05) is 72.8 Å². The van der Waals surface area contributed by atoms with Gasteiger partial charge in [0.25, 0.3) is 5.56 Å². The van der Waals surface area contributed by atoms with E-state index in [9.17, 15) is 14.5 Å². The van der Waals surface area contributed by atoms with Gasteiger partial charge in [0, 0.05) is 11.1 Å².